The summed E-state index contributed by atoms with van der Waals surface area (Å²) in [6.45, 7) is 2.30. The predicted octanol–water partition coefficient (Wildman–Crippen LogP) is 4.59. The molecule has 1 saturated carbocycles. The molecule has 0 bridgehead atoms. The maximum absolute atomic E-state index is 14.4. The van der Waals surface area contributed by atoms with Crippen LogP contribution in [-0.4, -0.2) is 62.1 Å². The Labute approximate surface area is 229 Å². The number of rotatable bonds is 10. The molecule has 39 heavy (non-hydrogen) atoms. The number of benzene rings is 1. The lowest BCUT2D eigenvalue weighted by Crippen LogP contribution is -2.45. The second-order valence-corrected chi connectivity index (χ2v) is 11.8. The van der Waals surface area contributed by atoms with Gasteiger partial charge in [0.2, 0.25) is 0 Å². The molecule has 214 valence electrons. The Kier molecular flexibility index (Phi) is 8.69. The molecule has 2 N–H and O–H groups in total. The van der Waals surface area contributed by atoms with Crippen LogP contribution in [0.2, 0.25) is 0 Å². The number of likely N-dealkylation sites (tertiary alicyclic amines) is 1. The van der Waals surface area contributed by atoms with Crippen LogP contribution in [-0.2, 0) is 24.2 Å². The second kappa shape index (κ2) is 12.0. The highest BCUT2D eigenvalue weighted by Crippen LogP contribution is 2.35. The molecule has 1 aromatic carbocycles. The highest BCUT2D eigenvalue weighted by atomic mass is 19.1. The zero-order chi connectivity index (χ0) is 27.6. The van der Waals surface area contributed by atoms with E-state index in [1.54, 1.807) is 10.7 Å². The van der Waals surface area contributed by atoms with Crippen LogP contribution in [0.4, 0.5) is 8.78 Å². The summed E-state index contributed by atoms with van der Waals surface area (Å²) in [5.41, 5.74) is 1.91. The third-order valence-electron chi connectivity index (χ3n) is 8.99. The molecule has 2 aliphatic carbocycles. The number of fused-ring (bicyclic) bond motifs is 1. The van der Waals surface area contributed by atoms with E-state index in [-0.39, 0.29) is 37.1 Å². The number of nitrogens with zero attached hydrogens (tertiary/aromatic N) is 3. The zero-order valence-corrected chi connectivity index (χ0v) is 22.9. The lowest BCUT2D eigenvalue weighted by Gasteiger charge is -2.37. The average molecular weight is 546 g/mol. The number of ether oxygens (including phenoxy) is 1. The van der Waals surface area contributed by atoms with Crippen LogP contribution in [0.3, 0.4) is 0 Å². The van der Waals surface area contributed by atoms with E-state index >= 15 is 0 Å². The topological polar surface area (TPSA) is 87.8 Å². The standard InChI is InChI=1S/C30H41F2N3O4/c1-20-17-22(31)8-12-27(20)39-24-10-6-21(7-11-24)5-9-23(37)18-35-26-4-2-3-25(26)28(33-35)29(38)34-15-13-30(32,19-36)14-16-34/h8,12,17,21,24,29,36,38H,2-7,9-11,13-16,18-19H2,1H3. The van der Waals surface area contributed by atoms with E-state index in [1.165, 1.54) is 12.1 Å². The van der Waals surface area contributed by atoms with E-state index < -0.39 is 18.5 Å². The molecule has 7 nitrogen and oxygen atoms in total. The number of carbonyl (C=O) groups excluding carboxylic acids is 1. The number of hydrogen-bond donors (Lipinski definition) is 2. The van der Waals surface area contributed by atoms with Gasteiger partial charge < -0.3 is 14.9 Å². The summed E-state index contributed by atoms with van der Waals surface area (Å²) in [7, 11) is 0. The Bertz CT molecular complexity index is 1150. The molecule has 2 fully saturated rings. The van der Waals surface area contributed by atoms with E-state index in [0.29, 0.717) is 31.1 Å². The van der Waals surface area contributed by atoms with Gasteiger partial charge in [-0.15, -0.1) is 0 Å². The summed E-state index contributed by atoms with van der Waals surface area (Å²) in [5.74, 6) is 1.13. The van der Waals surface area contributed by atoms with Gasteiger partial charge in [0.1, 0.15) is 22.9 Å². The minimum Gasteiger partial charge on any atom is -0.490 e. The zero-order valence-electron chi connectivity index (χ0n) is 22.9. The van der Waals surface area contributed by atoms with Crippen LogP contribution < -0.4 is 4.74 Å². The van der Waals surface area contributed by atoms with Crippen molar-refractivity contribution in [2.75, 3.05) is 19.7 Å². The molecule has 0 radical (unpaired) electrons. The fourth-order valence-corrected chi connectivity index (χ4v) is 6.45. The molecule has 1 unspecified atom stereocenters. The Hall–Kier alpha value is -2.36. The van der Waals surface area contributed by atoms with E-state index in [4.69, 9.17) is 4.74 Å². The first-order valence-electron chi connectivity index (χ1n) is 14.5. The van der Waals surface area contributed by atoms with Crippen LogP contribution in [0.15, 0.2) is 18.2 Å². The van der Waals surface area contributed by atoms with Crippen molar-refractivity contribution in [3.8, 4) is 5.75 Å². The van der Waals surface area contributed by atoms with E-state index in [1.807, 2.05) is 11.8 Å². The second-order valence-electron chi connectivity index (χ2n) is 11.8. The predicted molar refractivity (Wildman–Crippen MR) is 143 cm³/mol. The number of aromatic nitrogens is 2. The number of hydrogen-bond acceptors (Lipinski definition) is 6. The molecule has 0 amide bonds. The smallest absolute Gasteiger partial charge is 0.154 e. The number of aryl methyl sites for hydroxylation is 1. The van der Waals surface area contributed by atoms with Gasteiger partial charge in [-0.1, -0.05) is 0 Å². The van der Waals surface area contributed by atoms with Crippen LogP contribution >= 0.6 is 0 Å². The monoisotopic (exact) mass is 545 g/mol. The third kappa shape index (κ3) is 6.52. The van der Waals surface area contributed by atoms with Gasteiger partial charge in [-0.25, -0.2) is 8.78 Å². The quantitative estimate of drug-likeness (QED) is 0.454. The Morgan fingerprint density at radius 1 is 1.21 bits per heavy atom. The molecule has 5 rings (SSSR count). The van der Waals surface area contributed by atoms with Gasteiger partial charge in [0.05, 0.1) is 19.3 Å². The number of alkyl halides is 1. The first-order valence-corrected chi connectivity index (χ1v) is 14.5. The molecule has 1 aromatic heterocycles. The number of carbonyl (C=O) groups is 1. The number of aliphatic hydroxyl groups excluding tert-OH is 2. The molecular weight excluding hydrogens is 504 g/mol. The summed E-state index contributed by atoms with van der Waals surface area (Å²) in [6.07, 6.45) is 7.46. The van der Waals surface area contributed by atoms with Crippen molar-refractivity contribution in [3.05, 3.63) is 46.5 Å². The minimum atomic E-state index is -1.57. The minimum absolute atomic E-state index is 0.127. The average Bonchev–Trinajstić information content (AvgIpc) is 3.54. The highest BCUT2D eigenvalue weighted by molar-refractivity contribution is 5.78. The molecule has 9 heteroatoms. The molecular formula is C30H41F2N3O4. The number of aliphatic hydroxyl groups is 2. The SMILES string of the molecule is Cc1cc(F)ccc1OC1CCC(CCC(=O)Cn2nc(C(O)N3CCC(F)(CO)CC3)c3c2CCC3)CC1. The van der Waals surface area contributed by atoms with Gasteiger partial charge in [0.15, 0.2) is 12.0 Å². The maximum atomic E-state index is 14.4. The lowest BCUT2D eigenvalue weighted by molar-refractivity contribution is -0.120. The maximum Gasteiger partial charge on any atom is 0.154 e. The Morgan fingerprint density at radius 2 is 1.95 bits per heavy atom. The number of Topliss-reactive ketones (excluding diaryl/α,β-unsaturated/α-hetero) is 1. The molecule has 0 spiro atoms. The van der Waals surface area contributed by atoms with E-state index in [9.17, 15) is 23.8 Å². The third-order valence-corrected chi connectivity index (χ3v) is 8.99. The lowest BCUT2D eigenvalue weighted by atomic mass is 9.84. The Balaban J connectivity index is 1.10. The summed E-state index contributed by atoms with van der Waals surface area (Å²) in [4.78, 5) is 14.8. The number of ketones is 1. The van der Waals surface area contributed by atoms with Gasteiger partial charge >= 0.3 is 0 Å². The van der Waals surface area contributed by atoms with Gasteiger partial charge in [0, 0.05) is 30.8 Å². The summed E-state index contributed by atoms with van der Waals surface area (Å²) in [6, 6.07) is 4.62. The molecule has 2 heterocycles. The van der Waals surface area contributed by atoms with Crippen molar-refractivity contribution in [1.29, 1.82) is 0 Å². The van der Waals surface area contributed by atoms with Crippen LogP contribution in [0.1, 0.15) is 86.5 Å². The normalized spacial score (nSPS) is 23.9. The number of piperidine rings is 1. The molecule has 1 aliphatic heterocycles. The van der Waals surface area contributed by atoms with E-state index in [2.05, 4.69) is 5.10 Å². The summed E-state index contributed by atoms with van der Waals surface area (Å²) >= 11 is 0. The van der Waals surface area contributed by atoms with Crippen molar-refractivity contribution in [3.63, 3.8) is 0 Å². The molecule has 1 saturated heterocycles. The first kappa shape index (κ1) is 28.2. The van der Waals surface area contributed by atoms with Crippen molar-refractivity contribution < 1.29 is 28.5 Å². The summed E-state index contributed by atoms with van der Waals surface area (Å²) in [5, 5.41) is 25.0. The van der Waals surface area contributed by atoms with Gasteiger partial charge in [-0.2, -0.15) is 5.10 Å². The van der Waals surface area contributed by atoms with Crippen molar-refractivity contribution in [2.24, 2.45) is 5.92 Å². The van der Waals surface area contributed by atoms with Gasteiger partial charge in [-0.3, -0.25) is 14.4 Å². The number of halogens is 2. The molecule has 2 aromatic rings. The van der Waals surface area contributed by atoms with Gasteiger partial charge in [-0.05, 0) is 101 Å². The molecule has 3 aliphatic rings. The van der Waals surface area contributed by atoms with Crippen LogP contribution in [0.25, 0.3) is 0 Å². The Morgan fingerprint density at radius 3 is 2.64 bits per heavy atom. The van der Waals surface area contributed by atoms with Crippen molar-refractivity contribution in [2.45, 2.75) is 102 Å². The van der Waals surface area contributed by atoms with Crippen LogP contribution in [0.5, 0.6) is 5.75 Å². The fourth-order valence-electron chi connectivity index (χ4n) is 6.45. The van der Waals surface area contributed by atoms with E-state index in [0.717, 1.165) is 73.9 Å². The fraction of sp³-hybridized carbons (Fsp3) is 0.667. The van der Waals surface area contributed by atoms with Crippen LogP contribution in [0, 0.1) is 18.7 Å². The highest BCUT2D eigenvalue weighted by Gasteiger charge is 2.38. The van der Waals surface area contributed by atoms with Gasteiger partial charge in [0.25, 0.3) is 0 Å². The molecule has 1 atom stereocenters. The van der Waals surface area contributed by atoms with Crippen molar-refractivity contribution >= 4 is 5.78 Å². The van der Waals surface area contributed by atoms with Crippen molar-refractivity contribution in [1.82, 2.24) is 14.7 Å². The summed E-state index contributed by atoms with van der Waals surface area (Å²) < 4.78 is 35.7. The first-order chi connectivity index (χ1) is 18.7. The largest absolute Gasteiger partial charge is 0.490 e.